The van der Waals surface area contributed by atoms with E-state index in [0.717, 1.165) is 24.8 Å². The minimum absolute atomic E-state index is 0.169. The van der Waals surface area contributed by atoms with Gasteiger partial charge in [-0.1, -0.05) is 26.2 Å². The van der Waals surface area contributed by atoms with Gasteiger partial charge in [0.1, 0.15) is 11.4 Å². The number of methoxy groups -OCH3 is 2. The van der Waals surface area contributed by atoms with Crippen molar-refractivity contribution in [3.63, 3.8) is 0 Å². The van der Waals surface area contributed by atoms with Crippen molar-refractivity contribution in [2.24, 2.45) is 0 Å². The van der Waals surface area contributed by atoms with Crippen molar-refractivity contribution in [1.29, 1.82) is 0 Å². The lowest BCUT2D eigenvalue weighted by molar-refractivity contribution is 0.0526. The molecule has 0 amide bonds. The van der Waals surface area contributed by atoms with Gasteiger partial charge in [0.05, 0.1) is 20.8 Å². The molecule has 7 nitrogen and oxygen atoms in total. The monoisotopic (exact) mass is 401 g/mol. The normalized spacial score (nSPS) is 11.6. The molecular weight excluding hydrogens is 370 g/mol. The highest BCUT2D eigenvalue weighted by atomic mass is 16.5. The Morgan fingerprint density at radius 2 is 1.90 bits per heavy atom. The van der Waals surface area contributed by atoms with Gasteiger partial charge < -0.3 is 19.5 Å². The average molecular weight is 402 g/mol. The van der Waals surface area contributed by atoms with Crippen LogP contribution in [0.1, 0.15) is 56.8 Å². The topological polar surface area (TPSA) is 82.6 Å². The van der Waals surface area contributed by atoms with E-state index in [1.54, 1.807) is 27.2 Å². The number of hydrogen-bond donors (Lipinski definition) is 1. The molecule has 0 aliphatic carbocycles. The van der Waals surface area contributed by atoms with Crippen LogP contribution in [0.2, 0.25) is 0 Å². The van der Waals surface area contributed by atoms with Crippen LogP contribution in [-0.2, 0) is 4.74 Å². The molecule has 158 valence electrons. The first-order valence-electron chi connectivity index (χ1n) is 10.1. The van der Waals surface area contributed by atoms with Gasteiger partial charge in [-0.15, -0.1) is 0 Å². The fourth-order valence-electron chi connectivity index (χ4n) is 2.97. The van der Waals surface area contributed by atoms with Gasteiger partial charge in [-0.3, -0.25) is 0 Å². The van der Waals surface area contributed by atoms with Gasteiger partial charge >= 0.3 is 5.97 Å². The maximum atomic E-state index is 12.4. The summed E-state index contributed by atoms with van der Waals surface area (Å²) in [5.74, 6) is 1.75. The maximum absolute atomic E-state index is 12.4. The van der Waals surface area contributed by atoms with Crippen molar-refractivity contribution in [2.75, 3.05) is 26.1 Å². The Morgan fingerprint density at radius 3 is 2.55 bits per heavy atom. The summed E-state index contributed by atoms with van der Waals surface area (Å²) in [4.78, 5) is 21.4. The number of nitrogens with one attached hydrogen (secondary N) is 1. The second-order valence-electron chi connectivity index (χ2n) is 6.79. The molecule has 0 spiro atoms. The van der Waals surface area contributed by atoms with Crippen LogP contribution in [0.4, 0.5) is 5.82 Å². The molecule has 0 radical (unpaired) electrons. The Labute approximate surface area is 172 Å². The molecule has 7 heteroatoms. The van der Waals surface area contributed by atoms with Crippen molar-refractivity contribution in [2.45, 2.75) is 52.5 Å². The second kappa shape index (κ2) is 11.2. The van der Waals surface area contributed by atoms with Crippen LogP contribution < -0.4 is 14.8 Å². The van der Waals surface area contributed by atoms with E-state index in [9.17, 15) is 4.79 Å². The number of ether oxygens (including phenoxy) is 3. The molecule has 2 rings (SSSR count). The van der Waals surface area contributed by atoms with Crippen molar-refractivity contribution in [3.05, 3.63) is 30.0 Å². The number of hydrogen-bond acceptors (Lipinski definition) is 7. The number of carbonyl (C=O) groups is 1. The zero-order chi connectivity index (χ0) is 21.2. The summed E-state index contributed by atoms with van der Waals surface area (Å²) in [6, 6.07) is 5.64. The molecule has 1 heterocycles. The lowest BCUT2D eigenvalue weighted by atomic mass is 10.1. The molecule has 0 aliphatic rings. The number of carbonyl (C=O) groups excluding carboxylic acids is 1. The zero-order valence-corrected chi connectivity index (χ0v) is 17.9. The lowest BCUT2D eigenvalue weighted by Crippen LogP contribution is -2.20. The summed E-state index contributed by atoms with van der Waals surface area (Å²) in [7, 11) is 3.17. The second-order valence-corrected chi connectivity index (χ2v) is 6.79. The molecule has 1 unspecified atom stereocenters. The summed E-state index contributed by atoms with van der Waals surface area (Å²) in [6.45, 7) is 6.33. The molecule has 1 N–H and O–H groups in total. The Hall–Kier alpha value is -2.83. The fraction of sp³-hybridized carbons (Fsp3) is 0.500. The van der Waals surface area contributed by atoms with Crippen LogP contribution in [0.5, 0.6) is 11.5 Å². The molecule has 1 aromatic heterocycles. The predicted octanol–water partition coefficient (Wildman–Crippen LogP) is 4.72. The van der Waals surface area contributed by atoms with Gasteiger partial charge in [-0.2, -0.15) is 0 Å². The minimum atomic E-state index is -0.436. The molecule has 1 atom stereocenters. The molecule has 1 aromatic carbocycles. The van der Waals surface area contributed by atoms with Gasteiger partial charge in [0, 0.05) is 17.8 Å². The van der Waals surface area contributed by atoms with Crippen LogP contribution in [0.3, 0.4) is 0 Å². The maximum Gasteiger partial charge on any atom is 0.343 e. The number of unbranched alkanes of at least 4 members (excludes halogenated alkanes) is 2. The van der Waals surface area contributed by atoms with Crippen molar-refractivity contribution < 1.29 is 19.0 Å². The van der Waals surface area contributed by atoms with Crippen LogP contribution in [0.25, 0.3) is 11.4 Å². The van der Waals surface area contributed by atoms with E-state index < -0.39 is 5.97 Å². The molecule has 2 aromatic rings. The first-order valence-corrected chi connectivity index (χ1v) is 10.1. The van der Waals surface area contributed by atoms with Gasteiger partial charge in [0.15, 0.2) is 17.3 Å². The quantitative estimate of drug-likeness (QED) is 0.431. The first-order chi connectivity index (χ1) is 14.0. The first kappa shape index (κ1) is 22.5. The standard InChI is InChI=1S/C22H31N3O4/c1-6-8-9-10-15(3)24-21-17(22(26)29-7-2)14-23-20(25-21)16-11-12-18(27-4)19(13-16)28-5/h11-15H,6-10H2,1-5H3,(H,23,24,25). The summed E-state index contributed by atoms with van der Waals surface area (Å²) in [6.07, 6.45) is 5.96. The third-order valence-corrected chi connectivity index (χ3v) is 4.55. The summed E-state index contributed by atoms with van der Waals surface area (Å²) < 4.78 is 15.8. The van der Waals surface area contributed by atoms with E-state index >= 15 is 0 Å². The van der Waals surface area contributed by atoms with E-state index in [2.05, 4.69) is 29.1 Å². The lowest BCUT2D eigenvalue weighted by Gasteiger charge is -2.17. The van der Waals surface area contributed by atoms with E-state index in [1.165, 1.54) is 12.6 Å². The van der Waals surface area contributed by atoms with Crippen molar-refractivity contribution in [3.8, 4) is 22.9 Å². The van der Waals surface area contributed by atoms with E-state index in [4.69, 9.17) is 14.2 Å². The van der Waals surface area contributed by atoms with Gasteiger partial charge in [0.2, 0.25) is 0 Å². The van der Waals surface area contributed by atoms with Gasteiger partial charge in [-0.05, 0) is 38.5 Å². The number of rotatable bonds is 11. The van der Waals surface area contributed by atoms with E-state index in [-0.39, 0.29) is 6.04 Å². The number of anilines is 1. The highest BCUT2D eigenvalue weighted by Crippen LogP contribution is 2.31. The number of nitrogens with zero attached hydrogens (tertiary/aromatic N) is 2. The number of benzene rings is 1. The zero-order valence-electron chi connectivity index (χ0n) is 17.9. The van der Waals surface area contributed by atoms with Crippen molar-refractivity contribution in [1.82, 2.24) is 9.97 Å². The highest BCUT2D eigenvalue weighted by molar-refractivity contribution is 5.94. The van der Waals surface area contributed by atoms with E-state index in [0.29, 0.717) is 35.3 Å². The summed E-state index contributed by atoms with van der Waals surface area (Å²) in [5.41, 5.74) is 1.10. The van der Waals surface area contributed by atoms with Crippen LogP contribution in [0, 0.1) is 0 Å². The van der Waals surface area contributed by atoms with Crippen LogP contribution in [0.15, 0.2) is 24.4 Å². The molecule has 0 saturated carbocycles. The van der Waals surface area contributed by atoms with Crippen LogP contribution in [-0.4, -0.2) is 42.8 Å². The average Bonchev–Trinajstić information content (AvgIpc) is 2.73. The predicted molar refractivity (Wildman–Crippen MR) is 114 cm³/mol. The van der Waals surface area contributed by atoms with Gasteiger partial charge in [0.25, 0.3) is 0 Å². The number of esters is 1. The summed E-state index contributed by atoms with van der Waals surface area (Å²) >= 11 is 0. The summed E-state index contributed by atoms with van der Waals surface area (Å²) in [5, 5.41) is 3.36. The Bertz CT molecular complexity index is 811. The highest BCUT2D eigenvalue weighted by Gasteiger charge is 2.18. The fourth-order valence-corrected chi connectivity index (χ4v) is 2.97. The minimum Gasteiger partial charge on any atom is -0.493 e. The Kier molecular flexibility index (Phi) is 8.70. The molecule has 0 fully saturated rings. The van der Waals surface area contributed by atoms with E-state index in [1.807, 2.05) is 12.1 Å². The third-order valence-electron chi connectivity index (χ3n) is 4.55. The Balaban J connectivity index is 2.36. The molecule has 0 aliphatic heterocycles. The molecule has 29 heavy (non-hydrogen) atoms. The SMILES string of the molecule is CCCCCC(C)Nc1nc(-c2ccc(OC)c(OC)c2)ncc1C(=O)OCC. The third kappa shape index (κ3) is 6.07. The smallest absolute Gasteiger partial charge is 0.343 e. The van der Waals surface area contributed by atoms with Gasteiger partial charge in [-0.25, -0.2) is 14.8 Å². The molecule has 0 saturated heterocycles. The van der Waals surface area contributed by atoms with Crippen molar-refractivity contribution >= 4 is 11.8 Å². The Morgan fingerprint density at radius 1 is 1.14 bits per heavy atom. The molecule has 0 bridgehead atoms. The van der Waals surface area contributed by atoms with Crippen LogP contribution >= 0.6 is 0 Å². The molecular formula is C22H31N3O4. The largest absolute Gasteiger partial charge is 0.493 e. The number of aromatic nitrogens is 2.